The van der Waals surface area contributed by atoms with Crippen molar-refractivity contribution in [3.05, 3.63) is 23.9 Å². The quantitative estimate of drug-likeness (QED) is 0.908. The van der Waals surface area contributed by atoms with Crippen LogP contribution in [-0.2, 0) is 4.79 Å². The second-order valence-corrected chi connectivity index (χ2v) is 6.93. The number of hydrogen-bond donors (Lipinski definition) is 1. The summed E-state index contributed by atoms with van der Waals surface area (Å²) in [5.41, 5.74) is 0.785. The van der Waals surface area contributed by atoms with E-state index in [9.17, 15) is 9.90 Å². The maximum atomic E-state index is 11.9. The Morgan fingerprint density at radius 2 is 1.83 bits per heavy atom. The van der Waals surface area contributed by atoms with E-state index in [1.807, 2.05) is 12.1 Å². The van der Waals surface area contributed by atoms with Crippen molar-refractivity contribution < 1.29 is 9.90 Å². The van der Waals surface area contributed by atoms with Crippen molar-refractivity contribution in [3.8, 4) is 0 Å². The SMILES string of the molecule is CN1CCCN(C(C(=O)O)c2ccc(N3CCCCC3)nc2)CC1. The molecule has 2 saturated heterocycles. The minimum atomic E-state index is -0.785. The van der Waals surface area contributed by atoms with Crippen LogP contribution in [0.2, 0.25) is 0 Å². The highest BCUT2D eigenvalue weighted by molar-refractivity contribution is 5.75. The molecule has 0 amide bonds. The molecule has 132 valence electrons. The minimum absolute atomic E-state index is 0.598. The summed E-state index contributed by atoms with van der Waals surface area (Å²) in [5.74, 6) is 0.185. The number of carboxylic acid groups (broad SMARTS) is 1. The highest BCUT2D eigenvalue weighted by atomic mass is 16.4. The number of nitrogens with zero attached hydrogens (tertiary/aromatic N) is 4. The first kappa shape index (κ1) is 17.2. The summed E-state index contributed by atoms with van der Waals surface area (Å²) in [6, 6.07) is 3.34. The van der Waals surface area contributed by atoms with Gasteiger partial charge in [0.15, 0.2) is 0 Å². The van der Waals surface area contributed by atoms with Crippen molar-refractivity contribution in [2.45, 2.75) is 31.7 Å². The van der Waals surface area contributed by atoms with Gasteiger partial charge < -0.3 is 14.9 Å². The van der Waals surface area contributed by atoms with E-state index in [1.165, 1.54) is 19.3 Å². The Kier molecular flexibility index (Phi) is 5.68. The zero-order valence-corrected chi connectivity index (χ0v) is 14.5. The average Bonchev–Trinajstić information content (AvgIpc) is 2.81. The maximum Gasteiger partial charge on any atom is 0.325 e. The number of anilines is 1. The monoisotopic (exact) mass is 332 g/mol. The lowest BCUT2D eigenvalue weighted by Crippen LogP contribution is -2.37. The first-order chi connectivity index (χ1) is 11.6. The standard InChI is InChI=1S/C18H28N4O2/c1-20-8-5-11-22(13-12-20)17(18(23)24)15-6-7-16(19-14-15)21-9-3-2-4-10-21/h6-7,14,17H,2-5,8-13H2,1H3,(H,23,24). The van der Waals surface area contributed by atoms with E-state index >= 15 is 0 Å². The molecule has 2 aliphatic heterocycles. The molecule has 1 aromatic rings. The van der Waals surface area contributed by atoms with Gasteiger partial charge in [0.25, 0.3) is 0 Å². The van der Waals surface area contributed by atoms with E-state index in [4.69, 9.17) is 0 Å². The molecular formula is C18H28N4O2. The second-order valence-electron chi connectivity index (χ2n) is 6.93. The van der Waals surface area contributed by atoms with E-state index in [1.54, 1.807) is 6.20 Å². The fraction of sp³-hybridized carbons (Fsp3) is 0.667. The van der Waals surface area contributed by atoms with Gasteiger partial charge in [0, 0.05) is 38.9 Å². The van der Waals surface area contributed by atoms with Crippen molar-refractivity contribution in [1.29, 1.82) is 0 Å². The highest BCUT2D eigenvalue weighted by Gasteiger charge is 2.29. The van der Waals surface area contributed by atoms with E-state index in [0.29, 0.717) is 0 Å². The molecule has 0 radical (unpaired) electrons. The van der Waals surface area contributed by atoms with Crippen molar-refractivity contribution in [2.24, 2.45) is 0 Å². The molecular weight excluding hydrogens is 304 g/mol. The van der Waals surface area contributed by atoms with Gasteiger partial charge in [-0.25, -0.2) is 4.98 Å². The van der Waals surface area contributed by atoms with Gasteiger partial charge in [-0.3, -0.25) is 9.69 Å². The molecule has 2 aliphatic rings. The van der Waals surface area contributed by atoms with E-state index in [0.717, 1.165) is 57.1 Å². The molecule has 6 nitrogen and oxygen atoms in total. The number of likely N-dealkylation sites (N-methyl/N-ethyl adjacent to an activating group) is 1. The van der Waals surface area contributed by atoms with E-state index < -0.39 is 12.0 Å². The first-order valence-electron chi connectivity index (χ1n) is 9.01. The molecule has 1 unspecified atom stereocenters. The fourth-order valence-corrected chi connectivity index (χ4v) is 3.70. The topological polar surface area (TPSA) is 59.9 Å². The third-order valence-electron chi connectivity index (χ3n) is 5.12. The summed E-state index contributed by atoms with van der Waals surface area (Å²) in [4.78, 5) is 23.1. The zero-order valence-electron chi connectivity index (χ0n) is 14.5. The lowest BCUT2D eigenvalue weighted by atomic mass is 10.1. The average molecular weight is 332 g/mol. The smallest absolute Gasteiger partial charge is 0.325 e. The lowest BCUT2D eigenvalue weighted by Gasteiger charge is -2.29. The number of hydrogen-bond acceptors (Lipinski definition) is 5. The molecule has 6 heteroatoms. The van der Waals surface area contributed by atoms with Gasteiger partial charge in [-0.2, -0.15) is 0 Å². The van der Waals surface area contributed by atoms with Crippen LogP contribution in [0.25, 0.3) is 0 Å². The third kappa shape index (κ3) is 4.05. The summed E-state index contributed by atoms with van der Waals surface area (Å²) in [7, 11) is 2.09. The predicted molar refractivity (Wildman–Crippen MR) is 94.4 cm³/mol. The van der Waals surface area contributed by atoms with Gasteiger partial charge in [-0.05, 0) is 50.9 Å². The van der Waals surface area contributed by atoms with Gasteiger partial charge >= 0.3 is 5.97 Å². The highest BCUT2D eigenvalue weighted by Crippen LogP contribution is 2.24. The van der Waals surface area contributed by atoms with Crippen LogP contribution in [0.5, 0.6) is 0 Å². The van der Waals surface area contributed by atoms with Gasteiger partial charge in [-0.1, -0.05) is 6.07 Å². The van der Waals surface area contributed by atoms with Crippen LogP contribution >= 0.6 is 0 Å². The zero-order chi connectivity index (χ0) is 16.9. The number of carbonyl (C=O) groups is 1. The maximum absolute atomic E-state index is 11.9. The Morgan fingerprint density at radius 3 is 2.50 bits per heavy atom. The molecule has 1 aromatic heterocycles. The number of pyridine rings is 1. The van der Waals surface area contributed by atoms with E-state index in [-0.39, 0.29) is 0 Å². The molecule has 2 fully saturated rings. The van der Waals surface area contributed by atoms with Gasteiger partial charge in [0.1, 0.15) is 11.9 Å². The summed E-state index contributed by atoms with van der Waals surface area (Å²) < 4.78 is 0. The van der Waals surface area contributed by atoms with Crippen molar-refractivity contribution in [2.75, 3.05) is 51.2 Å². The van der Waals surface area contributed by atoms with E-state index in [2.05, 4.69) is 26.7 Å². The lowest BCUT2D eigenvalue weighted by molar-refractivity contribution is -0.143. The minimum Gasteiger partial charge on any atom is -0.480 e. The Hall–Kier alpha value is -1.66. The largest absolute Gasteiger partial charge is 0.480 e. The van der Waals surface area contributed by atoms with Gasteiger partial charge in [0.2, 0.25) is 0 Å². The molecule has 0 aliphatic carbocycles. The number of carboxylic acids is 1. The van der Waals surface area contributed by atoms with Crippen LogP contribution < -0.4 is 4.90 Å². The van der Waals surface area contributed by atoms with Crippen LogP contribution in [0.4, 0.5) is 5.82 Å². The Bertz CT molecular complexity index is 542. The van der Waals surface area contributed by atoms with Crippen molar-refractivity contribution in [3.63, 3.8) is 0 Å². The summed E-state index contributed by atoms with van der Waals surface area (Å²) >= 11 is 0. The molecule has 24 heavy (non-hydrogen) atoms. The van der Waals surface area contributed by atoms with Gasteiger partial charge in [-0.15, -0.1) is 0 Å². The Labute approximate surface area is 144 Å². The van der Waals surface area contributed by atoms with Crippen LogP contribution in [0.15, 0.2) is 18.3 Å². The molecule has 0 spiro atoms. The normalized spacial score (nSPS) is 22.1. The van der Waals surface area contributed by atoms with Crippen LogP contribution in [-0.4, -0.2) is 72.2 Å². The molecule has 1 N–H and O–H groups in total. The number of piperidine rings is 1. The van der Waals surface area contributed by atoms with Crippen molar-refractivity contribution in [1.82, 2.24) is 14.8 Å². The second kappa shape index (κ2) is 7.94. The molecule has 0 aromatic carbocycles. The molecule has 0 bridgehead atoms. The molecule has 0 saturated carbocycles. The van der Waals surface area contributed by atoms with Crippen molar-refractivity contribution >= 4 is 11.8 Å². The Morgan fingerprint density at radius 1 is 1.04 bits per heavy atom. The van der Waals surface area contributed by atoms with Crippen LogP contribution in [0.1, 0.15) is 37.3 Å². The van der Waals surface area contributed by atoms with Crippen LogP contribution in [0.3, 0.4) is 0 Å². The summed E-state index contributed by atoms with van der Waals surface area (Å²) in [6.07, 6.45) is 6.47. The molecule has 1 atom stereocenters. The molecule has 3 rings (SSSR count). The fourth-order valence-electron chi connectivity index (χ4n) is 3.70. The van der Waals surface area contributed by atoms with Gasteiger partial charge in [0.05, 0.1) is 0 Å². The Balaban J connectivity index is 1.74. The molecule has 3 heterocycles. The van der Waals surface area contributed by atoms with Crippen LogP contribution in [0, 0.1) is 0 Å². The number of aliphatic carboxylic acids is 1. The number of aromatic nitrogens is 1. The third-order valence-corrected chi connectivity index (χ3v) is 5.12. The first-order valence-corrected chi connectivity index (χ1v) is 9.01. The summed E-state index contributed by atoms with van der Waals surface area (Å²) in [6.45, 7) is 5.62. The number of rotatable bonds is 4. The summed E-state index contributed by atoms with van der Waals surface area (Å²) in [5, 5.41) is 9.76. The predicted octanol–water partition coefficient (Wildman–Crippen LogP) is 1.84.